The number of carbonyl (C=O) groups excluding carboxylic acids is 6. The first-order chi connectivity index (χ1) is 54.2. The predicted molar refractivity (Wildman–Crippen MR) is 430 cm³/mol. The number of aromatic nitrogens is 12. The van der Waals surface area contributed by atoms with Crippen molar-refractivity contribution in [2.45, 2.75) is 363 Å². The van der Waals surface area contributed by atoms with Crippen LogP contribution in [0.4, 0.5) is 0 Å². The first-order valence-electron chi connectivity index (χ1n) is 41.3. The minimum Gasteiger partial charge on any atom is -0.870 e. The average Bonchev–Trinajstić information content (AvgIpc) is 1.50. The Morgan fingerprint density at radius 1 is 0.479 bits per heavy atom. The number of nitrogens with zero attached hydrogens (tertiary/aromatic N) is 12. The van der Waals surface area contributed by atoms with Crippen LogP contribution in [-0.4, -0.2) is 213 Å². The van der Waals surface area contributed by atoms with E-state index in [0.29, 0.717) is 112 Å². The summed E-state index contributed by atoms with van der Waals surface area (Å²) in [6.45, 7) is 17.6. The Morgan fingerprint density at radius 3 is 1.15 bits per heavy atom. The third-order valence-corrected chi connectivity index (χ3v) is 24.6. The summed E-state index contributed by atoms with van der Waals surface area (Å²) in [6.07, 6.45) is 28.1. The molecule has 8 fully saturated rings. The topological polar surface area (TPSA) is 621 Å². The SMILES string of the molecule is C.CC(C)(CC1CCCCC1)C(=O)O.CC(C)(O)c1cnnn1[C@@H]1CC[C@H](C(=O)NC2(C(O)C(N)=O)CCCCC2)C1.CC(C)(O)c1cnnn1[C@@H]1CC[C@H](C(=O)O)C1.CC(C)(O)c1cnnn1[C@@H]1CN[C@H](C(=O)NC2(C(O)C(N)=O)CCCCC2)C1.COC(=O)[C@H]1CC[C@@H](n2nncc2C(C)(C)O)C1.NC(=O)C(O)C1(N)CCCCC1.[Li+].[OH-]. The van der Waals surface area contributed by atoms with E-state index in [1.54, 1.807) is 86.5 Å². The van der Waals surface area contributed by atoms with Gasteiger partial charge in [0.05, 0.1) is 119 Å². The number of hydrogen-bond acceptors (Lipinski definition) is 27. The van der Waals surface area contributed by atoms with Gasteiger partial charge in [-0.05, 0) is 184 Å². The Kier molecular flexibility index (Phi) is 38.9. The third kappa shape index (κ3) is 28.0. The van der Waals surface area contributed by atoms with Crippen LogP contribution in [0, 0.1) is 29.1 Å². The van der Waals surface area contributed by atoms with Crippen LogP contribution in [0.1, 0.15) is 323 Å². The van der Waals surface area contributed by atoms with Crippen LogP contribution in [-0.2, 0) is 65.5 Å². The quantitative estimate of drug-likeness (QED) is 0.0370. The van der Waals surface area contributed by atoms with Crippen LogP contribution in [0.3, 0.4) is 0 Å². The van der Waals surface area contributed by atoms with E-state index in [-0.39, 0.29) is 91.5 Å². The molecule has 21 N–H and O–H groups in total. The standard InChI is InChI=1S/C19H31N5O4.C18H30N6O4.C12H19N3O3.C11H17N3O3.C11H20O2.C8H16N2O2.CH4.Li.H2O/c1-18(2,28)14-11-21-23-24(14)13-7-6-12(10-13)17(27)22-19(15(25)16(20)26)8-4-3-5-9-19;1-17(2,28)13-10-21-23-24(13)11-8-12(20-9-11)16(27)22-18(14(25)15(19)26)6-4-3-5-7-18;1-12(2,17)10-7-13-14-15(10)9-5-4-8(6-9)11(16)18-3;1-11(2,17)9-6-12-13-14(9)8-4-3-7(5-8)10(15)16;1-11(2,10(12)13)8-9-6-4-3-5-7-9;9-7(12)6(11)8(10)4-2-1-3-5-8;;;/h11-13,15,25,28H,3-10H2,1-2H3,(H2,20,26)(H,22,27);10-12,14,20,25,28H,3-9H2,1-2H3,(H2,19,26)(H,22,27);7-9,17H,4-6H2,1-3H3;6-8,17H,3-5H2,1-2H3,(H,15,16);9H,3-8H2,1-2H3,(H,12,13);6,11H,1-5,10H2,(H2,9,12);1H4;;1H2/q;;;;;;;+1;/p-1/t12-,13+,15?;11-,12-,14?;8-,9+;7-,8+;;;;;/m0000...../s1. The summed E-state index contributed by atoms with van der Waals surface area (Å²) in [5.41, 5.74) is 16.6. The summed E-state index contributed by atoms with van der Waals surface area (Å²) in [4.78, 5) is 93.1. The maximum Gasteiger partial charge on any atom is 1.00 e. The second-order valence-electron chi connectivity index (χ2n) is 36.2. The van der Waals surface area contributed by atoms with Crippen molar-refractivity contribution >= 4 is 47.4 Å². The van der Waals surface area contributed by atoms with Crippen molar-refractivity contribution in [3.8, 4) is 0 Å². The van der Waals surface area contributed by atoms with Gasteiger partial charge in [-0.25, -0.2) is 18.7 Å². The van der Waals surface area contributed by atoms with Gasteiger partial charge in [0, 0.05) is 12.5 Å². The zero-order valence-corrected chi connectivity index (χ0v) is 71.2. The van der Waals surface area contributed by atoms with E-state index in [2.05, 4.69) is 57.2 Å². The van der Waals surface area contributed by atoms with Gasteiger partial charge in [-0.1, -0.05) is 118 Å². The Bertz CT molecular complexity index is 3750. The normalized spacial score (nSPS) is 24.2. The van der Waals surface area contributed by atoms with Gasteiger partial charge in [0.2, 0.25) is 29.5 Å². The zero-order valence-electron chi connectivity index (χ0n) is 71.2. The minimum atomic E-state index is -1.41. The van der Waals surface area contributed by atoms with Crippen molar-refractivity contribution in [2.24, 2.45) is 52.0 Å². The van der Waals surface area contributed by atoms with Gasteiger partial charge in [0.25, 0.3) is 0 Å². The number of nitrogens with one attached hydrogen (secondary N) is 3. The van der Waals surface area contributed by atoms with Crippen molar-refractivity contribution in [1.29, 1.82) is 0 Å². The molecule has 1 saturated heterocycles. The number of primary amides is 3. The number of hydrogen-bond donors (Lipinski definition) is 16. The third-order valence-electron chi connectivity index (χ3n) is 24.6. The van der Waals surface area contributed by atoms with Crippen molar-refractivity contribution in [2.75, 3.05) is 13.7 Å². The molecule has 39 heteroatoms. The van der Waals surface area contributed by atoms with Crippen molar-refractivity contribution in [3.63, 3.8) is 0 Å². The van der Waals surface area contributed by atoms with E-state index in [9.17, 15) is 74.1 Å². The molecular weight excluding hydrogens is 1540 g/mol. The molecule has 7 saturated carbocycles. The number of rotatable bonds is 23. The van der Waals surface area contributed by atoms with Crippen molar-refractivity contribution in [1.82, 2.24) is 75.9 Å². The van der Waals surface area contributed by atoms with Crippen LogP contribution < -0.4 is 57.7 Å². The molecule has 12 rings (SSSR count). The van der Waals surface area contributed by atoms with E-state index in [1.165, 1.54) is 51.6 Å². The monoisotopic (exact) mass is 1680 g/mol. The maximum atomic E-state index is 13.0. The molecule has 7 aliphatic carbocycles. The molecule has 38 nitrogen and oxygen atoms in total. The molecule has 8 aliphatic rings. The van der Waals surface area contributed by atoms with Gasteiger partial charge in [-0.2, -0.15) is 0 Å². The number of aliphatic hydroxyl groups is 7. The van der Waals surface area contributed by atoms with Gasteiger partial charge in [0.1, 0.15) is 28.5 Å². The minimum absolute atomic E-state index is 0. The molecular formula is C80H138LiN19O19. The summed E-state index contributed by atoms with van der Waals surface area (Å²) in [5, 5.41) is 129. The molecule has 0 spiro atoms. The summed E-state index contributed by atoms with van der Waals surface area (Å²) in [7, 11) is 1.41. The number of esters is 1. The van der Waals surface area contributed by atoms with Gasteiger partial charge >= 0.3 is 36.8 Å². The molecule has 3 unspecified atom stereocenters. The Hall–Kier alpha value is -7.48. The molecule has 5 amide bonds. The first-order valence-corrected chi connectivity index (χ1v) is 41.3. The van der Waals surface area contributed by atoms with E-state index in [1.807, 2.05) is 13.8 Å². The molecule has 4 aromatic heterocycles. The van der Waals surface area contributed by atoms with Crippen LogP contribution in [0.2, 0.25) is 0 Å². The second-order valence-corrected chi connectivity index (χ2v) is 36.2. The largest absolute Gasteiger partial charge is 1.00 e. The molecule has 0 aromatic carbocycles. The first kappa shape index (κ1) is 104. The molecule has 1 aliphatic heterocycles. The fraction of sp³-hybridized carbons (Fsp3) is 0.800. The number of aliphatic hydroxyl groups excluding tert-OH is 3. The van der Waals surface area contributed by atoms with Crippen LogP contribution in [0.15, 0.2) is 24.8 Å². The molecule has 0 bridgehead atoms. The molecule has 5 heterocycles. The van der Waals surface area contributed by atoms with Crippen molar-refractivity contribution in [3.05, 3.63) is 47.6 Å². The van der Waals surface area contributed by atoms with Gasteiger partial charge in [-0.15, -0.1) is 20.4 Å². The van der Waals surface area contributed by atoms with Crippen molar-refractivity contribution < 1.29 is 113 Å². The molecule has 119 heavy (non-hydrogen) atoms. The Balaban J connectivity index is 0.000000307. The Labute approximate surface area is 709 Å². The van der Waals surface area contributed by atoms with Crippen LogP contribution in [0.25, 0.3) is 0 Å². The number of aliphatic carboxylic acids is 2. The molecule has 668 valence electrons. The fourth-order valence-electron chi connectivity index (χ4n) is 17.8. The number of carbonyl (C=O) groups is 8. The number of carboxylic acids is 2. The number of ether oxygens (including phenoxy) is 1. The maximum absolute atomic E-state index is 13.0. The van der Waals surface area contributed by atoms with E-state index in [4.69, 9.17) is 37.9 Å². The van der Waals surface area contributed by atoms with E-state index >= 15 is 0 Å². The molecule has 11 atom stereocenters. The van der Waals surface area contributed by atoms with Gasteiger partial charge in [-0.3, -0.25) is 38.4 Å². The zero-order chi connectivity index (χ0) is 86.1. The summed E-state index contributed by atoms with van der Waals surface area (Å²) >= 11 is 0. The van der Waals surface area contributed by atoms with Crippen LogP contribution >= 0.6 is 0 Å². The fourth-order valence-corrected chi connectivity index (χ4v) is 17.8. The average molecular weight is 1680 g/mol. The number of methoxy groups -OCH3 is 1. The number of nitrogens with two attached hydrogens (primary N) is 4. The molecule has 4 aromatic rings. The summed E-state index contributed by atoms with van der Waals surface area (Å²) in [6, 6.07) is -0.521. The molecule has 0 radical (unpaired) electrons. The Morgan fingerprint density at radius 2 is 0.807 bits per heavy atom. The number of carboxylic acid groups (broad SMARTS) is 2. The number of amides is 5. The smallest absolute Gasteiger partial charge is 0.870 e. The van der Waals surface area contributed by atoms with E-state index < -0.39 is 98.4 Å². The van der Waals surface area contributed by atoms with Crippen LogP contribution in [0.5, 0.6) is 0 Å². The predicted octanol–water partition coefficient (Wildman–Crippen LogP) is 1.56. The van der Waals surface area contributed by atoms with E-state index in [0.717, 1.165) is 89.9 Å². The second kappa shape index (κ2) is 44.5. The van der Waals surface area contributed by atoms with Gasteiger partial charge in [0.15, 0.2) is 12.2 Å². The summed E-state index contributed by atoms with van der Waals surface area (Å²) < 4.78 is 11.5. The summed E-state index contributed by atoms with van der Waals surface area (Å²) in [5.74, 6) is -4.30. The van der Waals surface area contributed by atoms with Gasteiger partial charge < -0.3 is 95.1 Å².